The average Bonchev–Trinajstić information content (AvgIpc) is 3.01. The number of piperazine rings is 1. The van der Waals surface area contributed by atoms with Crippen molar-refractivity contribution in [1.82, 2.24) is 15.1 Å². The minimum absolute atomic E-state index is 0.198. The van der Waals surface area contributed by atoms with Gasteiger partial charge in [-0.3, -0.25) is 14.5 Å². The van der Waals surface area contributed by atoms with E-state index in [1.807, 2.05) is 31.2 Å². The number of hydrogen-bond donors (Lipinski definition) is 4. The van der Waals surface area contributed by atoms with Crippen LogP contribution in [-0.4, -0.2) is 79.9 Å². The molecule has 10 heteroatoms. The van der Waals surface area contributed by atoms with Crippen LogP contribution in [0.25, 0.3) is 0 Å². The molecule has 0 bridgehead atoms. The monoisotopic (exact) mass is 593 g/mol. The molecule has 3 fully saturated rings. The first kappa shape index (κ1) is 31.0. The quantitative estimate of drug-likeness (QED) is 0.304. The molecule has 5 rings (SSSR count). The predicted octanol–water partition coefficient (Wildman–Crippen LogP) is 3.90. The molecule has 232 valence electrons. The number of rotatable bonds is 10. The van der Waals surface area contributed by atoms with Gasteiger partial charge in [0, 0.05) is 32.1 Å². The number of amides is 2. The maximum Gasteiger partial charge on any atom is 0.335 e. The smallest absolute Gasteiger partial charge is 0.335 e. The third kappa shape index (κ3) is 6.56. The van der Waals surface area contributed by atoms with E-state index in [-0.39, 0.29) is 17.4 Å². The third-order valence-electron chi connectivity index (χ3n) is 9.44. The van der Waals surface area contributed by atoms with Crippen molar-refractivity contribution in [1.29, 1.82) is 0 Å². The standard InChI is InChI=1S/C33H43N3O7/c1-2-3-19-36-29(37)28(33(41,42)25-7-5-4-6-8-25)34-31(40)32(36)17-20-35(21-18-32)22-23-9-13-26(14-10-23)43-27-15-11-24(12-16-27)30(38)39/h9-16,25,28,41-42H,2-8,17-22H2,1H3,(H,34,40)(H,38,39)/t28-/m0/s1. The number of unbranched alkanes of at least 4 members (excludes halogenated alkanes) is 1. The molecule has 4 N–H and O–H groups in total. The van der Waals surface area contributed by atoms with E-state index in [9.17, 15) is 24.6 Å². The number of aromatic carboxylic acids is 1. The second-order valence-corrected chi connectivity index (χ2v) is 12.3. The van der Waals surface area contributed by atoms with Gasteiger partial charge in [-0.2, -0.15) is 0 Å². The van der Waals surface area contributed by atoms with Crippen molar-refractivity contribution in [3.63, 3.8) is 0 Å². The lowest BCUT2D eigenvalue weighted by Crippen LogP contribution is -2.77. The molecule has 2 saturated heterocycles. The Bertz CT molecular complexity index is 1280. The molecule has 10 nitrogen and oxygen atoms in total. The molecule has 0 aromatic heterocycles. The summed E-state index contributed by atoms with van der Waals surface area (Å²) in [7, 11) is 0. The van der Waals surface area contributed by atoms with Crippen molar-refractivity contribution < 1.29 is 34.4 Å². The second kappa shape index (κ2) is 13.0. The van der Waals surface area contributed by atoms with Crippen LogP contribution in [0.5, 0.6) is 11.5 Å². The van der Waals surface area contributed by atoms with Crippen molar-refractivity contribution in [3.05, 3.63) is 59.7 Å². The lowest BCUT2D eigenvalue weighted by atomic mass is 9.76. The Kier molecular flexibility index (Phi) is 9.39. The number of carboxylic acid groups (broad SMARTS) is 1. The fourth-order valence-corrected chi connectivity index (χ4v) is 6.81. The average molecular weight is 594 g/mol. The Morgan fingerprint density at radius 1 is 0.977 bits per heavy atom. The van der Waals surface area contributed by atoms with E-state index in [0.717, 1.165) is 37.7 Å². The van der Waals surface area contributed by atoms with Gasteiger partial charge in [-0.15, -0.1) is 0 Å². The first-order valence-corrected chi connectivity index (χ1v) is 15.5. The van der Waals surface area contributed by atoms with Crippen LogP contribution in [0.2, 0.25) is 0 Å². The zero-order valence-corrected chi connectivity index (χ0v) is 24.8. The Labute approximate surface area is 252 Å². The summed E-state index contributed by atoms with van der Waals surface area (Å²) in [6.45, 7) is 4.37. The summed E-state index contributed by atoms with van der Waals surface area (Å²) in [5.74, 6) is -3.17. The molecule has 0 radical (unpaired) electrons. The van der Waals surface area contributed by atoms with E-state index < -0.39 is 29.3 Å². The van der Waals surface area contributed by atoms with Crippen LogP contribution in [0, 0.1) is 5.92 Å². The maximum atomic E-state index is 13.9. The van der Waals surface area contributed by atoms with Gasteiger partial charge in [0.05, 0.1) is 5.56 Å². The van der Waals surface area contributed by atoms with E-state index in [1.54, 1.807) is 17.0 Å². The van der Waals surface area contributed by atoms with Gasteiger partial charge in [0.1, 0.15) is 17.0 Å². The molecule has 2 aromatic carbocycles. The first-order chi connectivity index (χ1) is 20.6. The molecular weight excluding hydrogens is 550 g/mol. The molecule has 1 aliphatic carbocycles. The highest BCUT2D eigenvalue weighted by atomic mass is 16.5. The highest BCUT2D eigenvalue weighted by molar-refractivity contribution is 6.00. The summed E-state index contributed by atoms with van der Waals surface area (Å²) in [6.07, 6.45) is 6.63. The van der Waals surface area contributed by atoms with Gasteiger partial charge in [-0.1, -0.05) is 44.7 Å². The summed E-state index contributed by atoms with van der Waals surface area (Å²) in [6, 6.07) is 12.6. The summed E-state index contributed by atoms with van der Waals surface area (Å²) >= 11 is 0. The van der Waals surface area contributed by atoms with Crippen LogP contribution in [0.4, 0.5) is 0 Å². The number of aliphatic hydroxyl groups is 2. The number of nitrogens with one attached hydrogen (secondary N) is 1. The Morgan fingerprint density at radius 3 is 2.16 bits per heavy atom. The molecule has 43 heavy (non-hydrogen) atoms. The second-order valence-electron chi connectivity index (χ2n) is 12.3. The van der Waals surface area contributed by atoms with Gasteiger partial charge in [0.2, 0.25) is 5.91 Å². The number of hydrogen-bond acceptors (Lipinski definition) is 7. The van der Waals surface area contributed by atoms with E-state index in [4.69, 9.17) is 9.84 Å². The molecule has 1 spiro atoms. The molecule has 3 aliphatic rings. The lowest BCUT2D eigenvalue weighted by molar-refractivity contribution is -0.235. The minimum Gasteiger partial charge on any atom is -0.478 e. The van der Waals surface area contributed by atoms with Gasteiger partial charge in [0.25, 0.3) is 5.91 Å². The number of carboxylic acids is 1. The van der Waals surface area contributed by atoms with Crippen molar-refractivity contribution >= 4 is 17.8 Å². The summed E-state index contributed by atoms with van der Waals surface area (Å²) in [5.41, 5.74) is 0.286. The number of benzene rings is 2. The fraction of sp³-hybridized carbons (Fsp3) is 0.545. The Hall–Kier alpha value is -3.47. The maximum absolute atomic E-state index is 13.9. The van der Waals surface area contributed by atoms with Crippen molar-refractivity contribution in [3.8, 4) is 11.5 Å². The van der Waals surface area contributed by atoms with E-state index in [2.05, 4.69) is 10.2 Å². The van der Waals surface area contributed by atoms with Gasteiger partial charge in [0.15, 0.2) is 11.8 Å². The van der Waals surface area contributed by atoms with E-state index in [0.29, 0.717) is 63.4 Å². The SMILES string of the molecule is CCCCN1C(=O)[C@@H](C(O)(O)C2CCCCC2)NC(=O)C12CCN(Cc1ccc(Oc3ccc(C(=O)O)cc3)cc1)CC2. The van der Waals surface area contributed by atoms with Crippen molar-refractivity contribution in [2.45, 2.75) is 88.6 Å². The highest BCUT2D eigenvalue weighted by Gasteiger charge is 2.59. The van der Waals surface area contributed by atoms with Crippen LogP contribution in [0.3, 0.4) is 0 Å². The fourth-order valence-electron chi connectivity index (χ4n) is 6.81. The molecule has 2 aromatic rings. The van der Waals surface area contributed by atoms with Gasteiger partial charge in [-0.25, -0.2) is 4.79 Å². The zero-order chi connectivity index (χ0) is 30.6. The number of carbonyl (C=O) groups excluding carboxylic acids is 2. The molecule has 1 atom stereocenters. The van der Waals surface area contributed by atoms with Crippen LogP contribution < -0.4 is 10.1 Å². The molecule has 0 unspecified atom stereocenters. The molecule has 2 amide bonds. The number of ether oxygens (including phenoxy) is 1. The third-order valence-corrected chi connectivity index (χ3v) is 9.44. The van der Waals surface area contributed by atoms with Crippen LogP contribution >= 0.6 is 0 Å². The first-order valence-electron chi connectivity index (χ1n) is 15.5. The molecule has 2 heterocycles. The van der Waals surface area contributed by atoms with Crippen molar-refractivity contribution in [2.75, 3.05) is 19.6 Å². The van der Waals surface area contributed by atoms with Gasteiger partial charge >= 0.3 is 5.97 Å². The largest absolute Gasteiger partial charge is 0.478 e. The normalized spacial score (nSPS) is 21.6. The van der Waals surface area contributed by atoms with Crippen LogP contribution in [0.15, 0.2) is 48.5 Å². The van der Waals surface area contributed by atoms with Crippen LogP contribution in [0.1, 0.15) is 80.6 Å². The summed E-state index contributed by atoms with van der Waals surface area (Å²) < 4.78 is 5.85. The highest BCUT2D eigenvalue weighted by Crippen LogP contribution is 2.39. The minimum atomic E-state index is -2.27. The molecule has 1 saturated carbocycles. The molecule has 2 aliphatic heterocycles. The summed E-state index contributed by atoms with van der Waals surface area (Å²) in [5, 5.41) is 34.2. The van der Waals surface area contributed by atoms with E-state index in [1.165, 1.54) is 12.1 Å². The number of piperidine rings is 1. The predicted molar refractivity (Wildman–Crippen MR) is 159 cm³/mol. The lowest BCUT2D eigenvalue weighted by Gasteiger charge is -2.54. The van der Waals surface area contributed by atoms with Crippen molar-refractivity contribution in [2.24, 2.45) is 5.92 Å². The Balaban J connectivity index is 1.22. The number of likely N-dealkylation sites (tertiary alicyclic amines) is 1. The number of nitrogens with zero attached hydrogens (tertiary/aromatic N) is 2. The number of carbonyl (C=O) groups is 3. The Morgan fingerprint density at radius 2 is 1.58 bits per heavy atom. The van der Waals surface area contributed by atoms with Gasteiger partial charge < -0.3 is 30.3 Å². The van der Waals surface area contributed by atoms with Crippen LogP contribution in [-0.2, 0) is 16.1 Å². The van der Waals surface area contributed by atoms with Gasteiger partial charge in [-0.05, 0) is 74.1 Å². The van der Waals surface area contributed by atoms with E-state index >= 15 is 0 Å². The molecular formula is C33H43N3O7. The zero-order valence-electron chi connectivity index (χ0n) is 24.8. The topological polar surface area (TPSA) is 140 Å². The summed E-state index contributed by atoms with van der Waals surface area (Å²) in [4.78, 5) is 42.6.